The molecule has 5 rings (SSSR count). The van der Waals surface area contributed by atoms with Crippen molar-refractivity contribution < 1.29 is 18.9 Å². The lowest BCUT2D eigenvalue weighted by Crippen LogP contribution is -2.21. The molecule has 4 heterocycles. The van der Waals surface area contributed by atoms with Crippen LogP contribution in [0.2, 0.25) is 0 Å². The number of hydrazone groups is 1. The number of pyridine rings is 1. The van der Waals surface area contributed by atoms with Crippen molar-refractivity contribution >= 4 is 17.4 Å². The fraction of sp³-hybridized carbons (Fsp3) is 0.105. The first-order chi connectivity index (χ1) is 15.6. The quantitative estimate of drug-likeness (QED) is 0.344. The number of nitrogens with zero attached hydrogens (tertiary/aromatic N) is 7. The zero-order valence-corrected chi connectivity index (χ0v) is 16.6. The number of ether oxygens (including phenoxy) is 2. The molecular weight excluding hydrogens is 418 g/mol. The lowest BCUT2D eigenvalue weighted by molar-refractivity contribution is 0.0950. The predicted octanol–water partition coefficient (Wildman–Crippen LogP) is 1.18. The van der Waals surface area contributed by atoms with Crippen molar-refractivity contribution in [3.63, 3.8) is 0 Å². The van der Waals surface area contributed by atoms with Crippen molar-refractivity contribution in [3.05, 3.63) is 54.0 Å². The third-order valence-corrected chi connectivity index (χ3v) is 4.65. The van der Waals surface area contributed by atoms with E-state index in [9.17, 15) is 4.79 Å². The Bertz CT molecular complexity index is 1330. The van der Waals surface area contributed by atoms with Crippen LogP contribution in [0.5, 0.6) is 11.5 Å². The number of carbonyl (C=O) groups excluding carboxylic acids is 1. The molecule has 0 atom stereocenters. The molecule has 32 heavy (non-hydrogen) atoms. The monoisotopic (exact) mass is 433 g/mol. The molecule has 0 aliphatic carbocycles. The number of fused-ring (bicyclic) bond motifs is 1. The number of nitrogens with one attached hydrogen (secondary N) is 1. The molecule has 0 spiro atoms. The summed E-state index contributed by atoms with van der Waals surface area (Å²) >= 11 is 0. The van der Waals surface area contributed by atoms with Gasteiger partial charge in [0.2, 0.25) is 18.4 Å². The third kappa shape index (κ3) is 3.36. The average Bonchev–Trinajstić information content (AvgIpc) is 3.56. The second-order valence-corrected chi connectivity index (χ2v) is 6.61. The SMILES string of the molecule is C/C(=N\NC(=O)c1nnn(-c2nonc2N)c1-c1ccc2c(c1)OCO2)c1ccncc1. The average molecular weight is 433 g/mol. The van der Waals surface area contributed by atoms with Gasteiger partial charge in [-0.3, -0.25) is 9.78 Å². The Morgan fingerprint density at radius 3 is 2.75 bits per heavy atom. The highest BCUT2D eigenvalue weighted by Gasteiger charge is 2.26. The number of carbonyl (C=O) groups is 1. The van der Waals surface area contributed by atoms with Crippen LogP contribution in [0.1, 0.15) is 23.0 Å². The maximum atomic E-state index is 13.0. The topological polar surface area (TPSA) is 168 Å². The van der Waals surface area contributed by atoms with Crippen LogP contribution in [0.4, 0.5) is 5.82 Å². The first-order valence-electron chi connectivity index (χ1n) is 9.31. The summed E-state index contributed by atoms with van der Waals surface area (Å²) < 4.78 is 16.7. The summed E-state index contributed by atoms with van der Waals surface area (Å²) in [4.78, 5) is 16.9. The van der Waals surface area contributed by atoms with Gasteiger partial charge < -0.3 is 15.2 Å². The fourth-order valence-electron chi connectivity index (χ4n) is 3.07. The van der Waals surface area contributed by atoms with E-state index in [1.165, 1.54) is 4.68 Å². The highest BCUT2D eigenvalue weighted by atomic mass is 16.7. The van der Waals surface area contributed by atoms with Gasteiger partial charge >= 0.3 is 0 Å². The van der Waals surface area contributed by atoms with Gasteiger partial charge in [0.1, 0.15) is 5.69 Å². The standard InChI is InChI=1S/C19H15N9O4/c1-10(11-4-6-21-7-5-11)22-24-19(29)15-16(12-2-3-13-14(8-12)31-9-30-13)28(27-23-15)18-17(20)25-32-26-18/h2-8H,9H2,1H3,(H2,20,25)(H,24,29)/b22-10+. The highest BCUT2D eigenvalue weighted by molar-refractivity contribution is 6.02. The smallest absolute Gasteiger partial charge is 0.294 e. The highest BCUT2D eigenvalue weighted by Crippen LogP contribution is 2.37. The molecule has 13 heteroatoms. The number of aromatic nitrogens is 6. The Morgan fingerprint density at radius 2 is 1.97 bits per heavy atom. The fourth-order valence-corrected chi connectivity index (χ4v) is 3.07. The van der Waals surface area contributed by atoms with E-state index in [1.54, 1.807) is 49.6 Å². The lowest BCUT2D eigenvalue weighted by Gasteiger charge is -2.07. The van der Waals surface area contributed by atoms with E-state index in [4.69, 9.17) is 15.2 Å². The van der Waals surface area contributed by atoms with Crippen LogP contribution >= 0.6 is 0 Å². The largest absolute Gasteiger partial charge is 0.454 e. The molecule has 1 aromatic carbocycles. The van der Waals surface area contributed by atoms with Crippen molar-refractivity contribution in [2.24, 2.45) is 5.10 Å². The minimum absolute atomic E-state index is 0.0162. The molecule has 4 aromatic rings. The summed E-state index contributed by atoms with van der Waals surface area (Å²) in [6.07, 6.45) is 3.27. The van der Waals surface area contributed by atoms with Gasteiger partial charge in [0.15, 0.2) is 17.2 Å². The van der Waals surface area contributed by atoms with Gasteiger partial charge in [0.25, 0.3) is 5.91 Å². The zero-order chi connectivity index (χ0) is 22.1. The van der Waals surface area contributed by atoms with Gasteiger partial charge in [-0.25, -0.2) is 10.1 Å². The Hall–Kier alpha value is -4.81. The first-order valence-corrected chi connectivity index (χ1v) is 9.31. The summed E-state index contributed by atoms with van der Waals surface area (Å²) in [5, 5.41) is 19.5. The van der Waals surface area contributed by atoms with Crippen LogP contribution < -0.4 is 20.6 Å². The van der Waals surface area contributed by atoms with E-state index in [1.807, 2.05) is 0 Å². The molecule has 1 amide bonds. The van der Waals surface area contributed by atoms with Crippen LogP contribution in [0.25, 0.3) is 17.1 Å². The number of nitrogens with two attached hydrogens (primary N) is 1. The number of hydrogen-bond donors (Lipinski definition) is 2. The van der Waals surface area contributed by atoms with E-state index in [-0.39, 0.29) is 24.1 Å². The molecule has 0 bridgehead atoms. The van der Waals surface area contributed by atoms with E-state index in [0.717, 1.165) is 5.56 Å². The summed E-state index contributed by atoms with van der Waals surface area (Å²) in [7, 11) is 0. The number of nitrogen functional groups attached to an aromatic ring is 1. The Balaban J connectivity index is 1.55. The van der Waals surface area contributed by atoms with E-state index >= 15 is 0 Å². The van der Waals surface area contributed by atoms with Crippen LogP contribution in [-0.2, 0) is 0 Å². The van der Waals surface area contributed by atoms with Crippen molar-refractivity contribution in [1.29, 1.82) is 0 Å². The second kappa shape index (κ2) is 7.79. The predicted molar refractivity (Wildman–Crippen MR) is 109 cm³/mol. The molecule has 3 aromatic heterocycles. The molecule has 160 valence electrons. The number of hydrogen-bond acceptors (Lipinski definition) is 11. The second-order valence-electron chi connectivity index (χ2n) is 6.61. The molecular formula is C19H15N9O4. The first kappa shape index (κ1) is 19.2. The molecule has 1 aliphatic rings. The molecule has 13 nitrogen and oxygen atoms in total. The molecule has 3 N–H and O–H groups in total. The number of anilines is 1. The summed E-state index contributed by atoms with van der Waals surface area (Å²) in [5.41, 5.74) is 10.6. The zero-order valence-electron chi connectivity index (χ0n) is 16.6. The minimum atomic E-state index is -0.590. The Kier molecular flexibility index (Phi) is 4.67. The van der Waals surface area contributed by atoms with Gasteiger partial charge in [-0.2, -0.15) is 9.78 Å². The van der Waals surface area contributed by atoms with Crippen molar-refractivity contribution in [2.75, 3.05) is 12.5 Å². The summed E-state index contributed by atoms with van der Waals surface area (Å²) in [6, 6.07) is 8.70. The van der Waals surface area contributed by atoms with E-state index in [2.05, 4.69) is 40.8 Å². The molecule has 0 unspecified atom stereocenters. The van der Waals surface area contributed by atoms with Crippen molar-refractivity contribution in [3.8, 4) is 28.6 Å². The van der Waals surface area contributed by atoms with Gasteiger partial charge in [-0.1, -0.05) is 5.21 Å². The van der Waals surface area contributed by atoms with Crippen LogP contribution in [0.15, 0.2) is 52.5 Å². The van der Waals surface area contributed by atoms with Gasteiger partial charge in [0.05, 0.1) is 5.71 Å². The van der Waals surface area contributed by atoms with Crippen LogP contribution in [0, 0.1) is 0 Å². The van der Waals surface area contributed by atoms with Crippen molar-refractivity contribution in [2.45, 2.75) is 6.92 Å². The van der Waals surface area contributed by atoms with Crippen LogP contribution in [0.3, 0.4) is 0 Å². The summed E-state index contributed by atoms with van der Waals surface area (Å²) in [6.45, 7) is 1.86. The van der Waals surface area contributed by atoms with Crippen LogP contribution in [-0.4, -0.2) is 48.7 Å². The van der Waals surface area contributed by atoms with Gasteiger partial charge in [0, 0.05) is 23.5 Å². The van der Waals surface area contributed by atoms with Gasteiger partial charge in [-0.05, 0) is 47.6 Å². The molecule has 1 aliphatic heterocycles. The normalized spacial score (nSPS) is 12.7. The minimum Gasteiger partial charge on any atom is -0.454 e. The van der Waals surface area contributed by atoms with E-state index < -0.39 is 5.91 Å². The third-order valence-electron chi connectivity index (χ3n) is 4.65. The summed E-state index contributed by atoms with van der Waals surface area (Å²) in [5.74, 6) is 0.571. The number of amides is 1. The lowest BCUT2D eigenvalue weighted by atomic mass is 10.1. The number of benzene rings is 1. The maximum absolute atomic E-state index is 13.0. The Morgan fingerprint density at radius 1 is 1.16 bits per heavy atom. The molecule has 0 radical (unpaired) electrons. The Labute approximate surface area is 179 Å². The number of rotatable bonds is 5. The van der Waals surface area contributed by atoms with E-state index in [0.29, 0.717) is 28.5 Å². The van der Waals surface area contributed by atoms with Crippen molar-refractivity contribution in [1.82, 2.24) is 35.7 Å². The molecule has 0 saturated heterocycles. The molecule has 0 fully saturated rings. The van der Waals surface area contributed by atoms with Gasteiger partial charge in [-0.15, -0.1) is 5.10 Å². The molecule has 0 saturated carbocycles. The maximum Gasteiger partial charge on any atom is 0.294 e.